The summed E-state index contributed by atoms with van der Waals surface area (Å²) in [6.45, 7) is 1.75. The topological polar surface area (TPSA) is 68.1 Å². The number of nitrogens with one attached hydrogen (secondary N) is 2. The number of amides is 2. The first-order chi connectivity index (χ1) is 12.4. The normalized spacial score (nSPS) is 10.6. The molecule has 3 rings (SSSR count). The number of aromatic nitrogens is 2. The molecule has 0 bridgehead atoms. The maximum Gasteiger partial charge on any atom is 0.323 e. The van der Waals surface area contributed by atoms with Gasteiger partial charge in [0.25, 0.3) is 5.56 Å². The highest BCUT2D eigenvalue weighted by Gasteiger charge is 2.18. The highest BCUT2D eigenvalue weighted by Crippen LogP contribution is 2.25. The molecule has 8 heteroatoms. The van der Waals surface area contributed by atoms with E-state index in [1.807, 2.05) is 30.3 Å². The van der Waals surface area contributed by atoms with Gasteiger partial charge in [0, 0.05) is 12.1 Å². The van der Waals surface area contributed by atoms with E-state index in [1.165, 1.54) is 10.7 Å². The molecule has 0 radical (unpaired) electrons. The molecule has 134 valence electrons. The van der Waals surface area contributed by atoms with Crippen LogP contribution < -0.4 is 16.2 Å². The molecule has 6 nitrogen and oxygen atoms in total. The van der Waals surface area contributed by atoms with Gasteiger partial charge in [0.2, 0.25) is 0 Å². The van der Waals surface area contributed by atoms with Crippen LogP contribution in [0.4, 0.5) is 16.2 Å². The van der Waals surface area contributed by atoms with Gasteiger partial charge >= 0.3 is 6.03 Å². The van der Waals surface area contributed by atoms with E-state index in [9.17, 15) is 9.59 Å². The maximum atomic E-state index is 12.8. The average molecular weight is 391 g/mol. The third-order valence-electron chi connectivity index (χ3n) is 3.97. The van der Waals surface area contributed by atoms with E-state index >= 15 is 0 Å². The van der Waals surface area contributed by atoms with Crippen molar-refractivity contribution in [2.45, 2.75) is 6.92 Å². The molecule has 26 heavy (non-hydrogen) atoms. The summed E-state index contributed by atoms with van der Waals surface area (Å²) in [5.74, 6) is 0. The van der Waals surface area contributed by atoms with Crippen LogP contribution >= 0.6 is 23.2 Å². The summed E-state index contributed by atoms with van der Waals surface area (Å²) < 4.78 is 3.16. The molecule has 0 aliphatic heterocycles. The van der Waals surface area contributed by atoms with Gasteiger partial charge in [-0.05, 0) is 37.3 Å². The van der Waals surface area contributed by atoms with Gasteiger partial charge in [0.1, 0.15) is 5.69 Å². The summed E-state index contributed by atoms with van der Waals surface area (Å²) >= 11 is 12.0. The molecule has 0 spiro atoms. The fraction of sp³-hybridized carbons (Fsp3) is 0.111. The van der Waals surface area contributed by atoms with E-state index in [0.29, 0.717) is 27.1 Å². The lowest BCUT2D eigenvalue weighted by Gasteiger charge is -2.08. The SMILES string of the molecule is Cc1c(NC(=O)Nc2cc(Cl)ccc2Cl)c(=O)n(-c2ccccc2)n1C. The second kappa shape index (κ2) is 7.27. The van der Waals surface area contributed by atoms with E-state index in [4.69, 9.17) is 23.2 Å². The van der Waals surface area contributed by atoms with E-state index in [0.717, 1.165) is 0 Å². The quantitative estimate of drug-likeness (QED) is 0.694. The van der Waals surface area contributed by atoms with Crippen molar-refractivity contribution in [1.29, 1.82) is 0 Å². The number of hydrogen-bond acceptors (Lipinski definition) is 2. The van der Waals surface area contributed by atoms with Gasteiger partial charge in [0.05, 0.1) is 22.1 Å². The first kappa shape index (κ1) is 18.1. The summed E-state index contributed by atoms with van der Waals surface area (Å²) in [5.41, 5.74) is 1.53. The van der Waals surface area contributed by atoms with Crippen molar-refractivity contribution in [1.82, 2.24) is 9.36 Å². The Labute approximate surface area is 159 Å². The summed E-state index contributed by atoms with van der Waals surface area (Å²) in [6, 6.07) is 13.3. The summed E-state index contributed by atoms with van der Waals surface area (Å²) in [4.78, 5) is 25.1. The number of rotatable bonds is 3. The lowest BCUT2D eigenvalue weighted by molar-refractivity contribution is 0.262. The predicted octanol–water partition coefficient (Wildman–Crippen LogP) is 4.44. The number of anilines is 2. The number of carbonyl (C=O) groups excluding carboxylic acids is 1. The fourth-order valence-corrected chi connectivity index (χ4v) is 2.91. The van der Waals surface area contributed by atoms with E-state index in [-0.39, 0.29) is 11.2 Å². The molecule has 2 amide bonds. The molecular formula is C18H16Cl2N4O2. The number of carbonyl (C=O) groups is 1. The van der Waals surface area contributed by atoms with Crippen molar-refractivity contribution in [3.8, 4) is 5.69 Å². The predicted molar refractivity (Wildman–Crippen MR) is 105 cm³/mol. The molecule has 1 heterocycles. The summed E-state index contributed by atoms with van der Waals surface area (Å²) in [7, 11) is 1.75. The van der Waals surface area contributed by atoms with Gasteiger partial charge in [-0.3, -0.25) is 9.48 Å². The molecule has 2 N–H and O–H groups in total. The van der Waals surface area contributed by atoms with Crippen LogP contribution in [-0.2, 0) is 7.05 Å². The maximum absolute atomic E-state index is 12.8. The minimum absolute atomic E-state index is 0.187. The minimum Gasteiger partial charge on any atom is -0.306 e. The number of hydrogen-bond donors (Lipinski definition) is 2. The molecule has 0 saturated carbocycles. The Balaban J connectivity index is 1.90. The van der Waals surface area contributed by atoms with Crippen molar-refractivity contribution in [2.24, 2.45) is 7.05 Å². The highest BCUT2D eigenvalue weighted by molar-refractivity contribution is 6.35. The van der Waals surface area contributed by atoms with E-state index in [2.05, 4.69) is 10.6 Å². The number of urea groups is 1. The van der Waals surface area contributed by atoms with Crippen molar-refractivity contribution in [2.75, 3.05) is 10.6 Å². The molecule has 0 saturated heterocycles. The van der Waals surface area contributed by atoms with Crippen LogP contribution in [0.3, 0.4) is 0 Å². The number of benzene rings is 2. The molecule has 1 aromatic heterocycles. The monoisotopic (exact) mass is 390 g/mol. The fourth-order valence-electron chi connectivity index (χ4n) is 2.57. The number of para-hydroxylation sites is 1. The molecule has 0 aliphatic carbocycles. The Bertz CT molecular complexity index is 1030. The first-order valence-corrected chi connectivity index (χ1v) is 8.51. The van der Waals surface area contributed by atoms with Crippen molar-refractivity contribution in [3.05, 3.63) is 74.6 Å². The third-order valence-corrected chi connectivity index (χ3v) is 4.53. The molecule has 3 aromatic rings. The van der Waals surface area contributed by atoms with Crippen LogP contribution in [0.5, 0.6) is 0 Å². The third kappa shape index (κ3) is 3.47. The summed E-state index contributed by atoms with van der Waals surface area (Å²) in [6.07, 6.45) is 0. The molecule has 0 aliphatic rings. The van der Waals surface area contributed by atoms with Crippen LogP contribution in [0.25, 0.3) is 5.69 Å². The first-order valence-electron chi connectivity index (χ1n) is 7.75. The lowest BCUT2D eigenvalue weighted by atomic mass is 10.3. The van der Waals surface area contributed by atoms with Gasteiger partial charge in [-0.1, -0.05) is 41.4 Å². The Kier molecular flexibility index (Phi) is 5.06. The number of nitrogens with zero attached hydrogens (tertiary/aromatic N) is 2. The van der Waals surface area contributed by atoms with E-state index in [1.54, 1.807) is 30.8 Å². The summed E-state index contributed by atoms with van der Waals surface area (Å²) in [5, 5.41) is 5.98. The zero-order valence-corrected chi connectivity index (χ0v) is 15.6. The van der Waals surface area contributed by atoms with E-state index < -0.39 is 6.03 Å². The highest BCUT2D eigenvalue weighted by atomic mass is 35.5. The molecule has 0 atom stereocenters. The molecule has 0 fully saturated rings. The van der Waals surface area contributed by atoms with Crippen molar-refractivity contribution >= 4 is 40.6 Å². The van der Waals surface area contributed by atoms with Crippen LogP contribution in [0.15, 0.2) is 53.3 Å². The van der Waals surface area contributed by atoms with Gasteiger partial charge in [-0.2, -0.15) is 0 Å². The average Bonchev–Trinajstić information content (AvgIpc) is 2.82. The molecule has 2 aromatic carbocycles. The zero-order valence-electron chi connectivity index (χ0n) is 14.1. The second-order valence-corrected chi connectivity index (χ2v) is 6.48. The van der Waals surface area contributed by atoms with Gasteiger partial charge in [-0.15, -0.1) is 0 Å². The van der Waals surface area contributed by atoms with Crippen LogP contribution in [-0.4, -0.2) is 15.4 Å². The Hall–Kier alpha value is -2.70. The Morgan fingerprint density at radius 2 is 1.73 bits per heavy atom. The van der Waals surface area contributed by atoms with Crippen LogP contribution in [0.2, 0.25) is 10.0 Å². The Morgan fingerprint density at radius 3 is 2.42 bits per heavy atom. The standard InChI is InChI=1S/C18H16Cl2N4O2/c1-11-16(17(25)24(23(11)2)13-6-4-3-5-7-13)22-18(26)21-15-10-12(19)8-9-14(15)20/h3-10H,1-2H3,(H2,21,22,26). The van der Waals surface area contributed by atoms with Gasteiger partial charge in [-0.25, -0.2) is 9.48 Å². The van der Waals surface area contributed by atoms with Gasteiger partial charge in [0.15, 0.2) is 0 Å². The van der Waals surface area contributed by atoms with Crippen LogP contribution in [0, 0.1) is 6.92 Å². The van der Waals surface area contributed by atoms with Crippen molar-refractivity contribution in [3.63, 3.8) is 0 Å². The lowest BCUT2D eigenvalue weighted by Crippen LogP contribution is -2.25. The van der Waals surface area contributed by atoms with Gasteiger partial charge < -0.3 is 10.6 Å². The Morgan fingerprint density at radius 1 is 1.04 bits per heavy atom. The minimum atomic E-state index is -0.583. The smallest absolute Gasteiger partial charge is 0.306 e. The van der Waals surface area contributed by atoms with Crippen LogP contribution in [0.1, 0.15) is 5.69 Å². The zero-order chi connectivity index (χ0) is 18.8. The number of halogens is 2. The largest absolute Gasteiger partial charge is 0.323 e. The second-order valence-electron chi connectivity index (χ2n) is 5.64. The molecular weight excluding hydrogens is 375 g/mol. The molecule has 0 unspecified atom stereocenters. The van der Waals surface area contributed by atoms with Crippen molar-refractivity contribution < 1.29 is 4.79 Å².